The van der Waals surface area contributed by atoms with Crippen molar-refractivity contribution in [1.29, 1.82) is 0 Å². The van der Waals surface area contributed by atoms with E-state index in [1.165, 1.54) is 12.8 Å². The normalized spacial score (nSPS) is 19.6. The van der Waals surface area contributed by atoms with Gasteiger partial charge in [0.15, 0.2) is 5.69 Å². The van der Waals surface area contributed by atoms with Gasteiger partial charge in [0.05, 0.1) is 5.69 Å². The molecular formula is C20H33N5O2. The first-order valence-corrected chi connectivity index (χ1v) is 10.0. The van der Waals surface area contributed by atoms with Gasteiger partial charge < -0.3 is 15.2 Å². The molecule has 7 heteroatoms. The lowest BCUT2D eigenvalue weighted by atomic mass is 9.86. The molecule has 1 aliphatic carbocycles. The molecule has 3 rings (SSSR count). The predicted octanol–water partition coefficient (Wildman–Crippen LogP) is 1.88. The molecule has 0 aromatic carbocycles. The molecule has 1 atom stereocenters. The molecule has 2 N–H and O–H groups in total. The first-order chi connectivity index (χ1) is 12.7. The van der Waals surface area contributed by atoms with Gasteiger partial charge in [0.25, 0.3) is 5.91 Å². The SMILES string of the molecule is CNC(=O)[C@@H](NC(=O)c1nc(C2CCCC2)n2c1CN(C)CC2)C(C)(C)C. The van der Waals surface area contributed by atoms with E-state index in [2.05, 4.69) is 27.1 Å². The van der Waals surface area contributed by atoms with Crippen LogP contribution in [0.25, 0.3) is 0 Å². The van der Waals surface area contributed by atoms with E-state index in [4.69, 9.17) is 4.98 Å². The number of aromatic nitrogens is 2. The Morgan fingerprint density at radius 3 is 2.44 bits per heavy atom. The van der Waals surface area contributed by atoms with Crippen molar-refractivity contribution < 1.29 is 9.59 Å². The number of imidazole rings is 1. The van der Waals surface area contributed by atoms with Crippen LogP contribution >= 0.6 is 0 Å². The Bertz CT molecular complexity index is 713. The molecule has 1 fully saturated rings. The van der Waals surface area contributed by atoms with E-state index >= 15 is 0 Å². The van der Waals surface area contributed by atoms with Crippen molar-refractivity contribution in [2.45, 2.75) is 71.5 Å². The number of rotatable bonds is 4. The van der Waals surface area contributed by atoms with E-state index in [-0.39, 0.29) is 17.2 Å². The molecule has 1 aromatic heterocycles. The van der Waals surface area contributed by atoms with Gasteiger partial charge >= 0.3 is 0 Å². The topological polar surface area (TPSA) is 79.3 Å². The van der Waals surface area contributed by atoms with E-state index in [0.29, 0.717) is 18.2 Å². The standard InChI is InChI=1S/C20H33N5O2/c1-20(2,3)16(19(27)21-4)23-18(26)15-14-12-24(5)10-11-25(14)17(22-15)13-8-6-7-9-13/h13,16H,6-12H2,1-5H3,(H,21,27)(H,23,26)/t16-/m1/s1. The van der Waals surface area contributed by atoms with Crippen LogP contribution in [0, 0.1) is 5.41 Å². The number of nitrogens with zero attached hydrogens (tertiary/aromatic N) is 3. The second-order valence-corrected chi connectivity index (χ2v) is 9.02. The van der Waals surface area contributed by atoms with Gasteiger partial charge in [0.1, 0.15) is 11.9 Å². The summed E-state index contributed by atoms with van der Waals surface area (Å²) in [5.74, 6) is 1.08. The third kappa shape index (κ3) is 4.03. The lowest BCUT2D eigenvalue weighted by Gasteiger charge is -2.30. The summed E-state index contributed by atoms with van der Waals surface area (Å²) in [5.41, 5.74) is 1.08. The van der Waals surface area contributed by atoms with Crippen molar-refractivity contribution in [2.24, 2.45) is 5.41 Å². The van der Waals surface area contributed by atoms with Crippen LogP contribution in [0.4, 0.5) is 0 Å². The molecule has 27 heavy (non-hydrogen) atoms. The minimum Gasteiger partial charge on any atom is -0.357 e. The summed E-state index contributed by atoms with van der Waals surface area (Å²) in [5, 5.41) is 5.61. The molecule has 2 heterocycles. The highest BCUT2D eigenvalue weighted by Crippen LogP contribution is 2.35. The maximum absolute atomic E-state index is 13.1. The molecule has 0 radical (unpaired) electrons. The Hall–Kier alpha value is -1.89. The zero-order valence-corrected chi connectivity index (χ0v) is 17.3. The number of fused-ring (bicyclic) bond motifs is 1. The predicted molar refractivity (Wildman–Crippen MR) is 105 cm³/mol. The largest absolute Gasteiger partial charge is 0.357 e. The van der Waals surface area contributed by atoms with Gasteiger partial charge in [-0.05, 0) is 25.3 Å². The maximum atomic E-state index is 13.1. The van der Waals surface area contributed by atoms with Crippen molar-refractivity contribution in [3.63, 3.8) is 0 Å². The van der Waals surface area contributed by atoms with E-state index in [9.17, 15) is 9.59 Å². The third-order valence-corrected chi connectivity index (χ3v) is 5.81. The Morgan fingerprint density at radius 2 is 1.85 bits per heavy atom. The van der Waals surface area contributed by atoms with Gasteiger partial charge in [-0.25, -0.2) is 4.98 Å². The fourth-order valence-electron chi connectivity index (χ4n) is 4.22. The van der Waals surface area contributed by atoms with Gasteiger partial charge in [0, 0.05) is 32.6 Å². The summed E-state index contributed by atoms with van der Waals surface area (Å²) in [6.07, 6.45) is 4.76. The molecular weight excluding hydrogens is 342 g/mol. The number of amides is 2. The Kier molecular flexibility index (Phi) is 5.60. The molecule has 1 aromatic rings. The van der Waals surface area contributed by atoms with Crippen LogP contribution in [-0.4, -0.2) is 52.9 Å². The lowest BCUT2D eigenvalue weighted by Crippen LogP contribution is -2.53. The second-order valence-electron chi connectivity index (χ2n) is 9.02. The third-order valence-electron chi connectivity index (χ3n) is 5.81. The van der Waals surface area contributed by atoms with Crippen molar-refractivity contribution in [3.8, 4) is 0 Å². The fraction of sp³-hybridized carbons (Fsp3) is 0.750. The van der Waals surface area contributed by atoms with Crippen LogP contribution in [0.15, 0.2) is 0 Å². The summed E-state index contributed by atoms with van der Waals surface area (Å²) >= 11 is 0. The molecule has 1 aliphatic heterocycles. The molecule has 0 spiro atoms. The molecule has 0 bridgehead atoms. The summed E-state index contributed by atoms with van der Waals surface area (Å²) < 4.78 is 2.26. The Balaban J connectivity index is 1.93. The number of nitrogens with one attached hydrogen (secondary N) is 2. The Morgan fingerprint density at radius 1 is 1.19 bits per heavy atom. The number of hydrogen-bond acceptors (Lipinski definition) is 4. The summed E-state index contributed by atoms with van der Waals surface area (Å²) in [4.78, 5) is 32.5. The zero-order chi connectivity index (χ0) is 19.8. The van der Waals surface area contributed by atoms with Crippen molar-refractivity contribution >= 4 is 11.8 Å². The maximum Gasteiger partial charge on any atom is 0.272 e. The van der Waals surface area contributed by atoms with Gasteiger partial charge in [-0.15, -0.1) is 0 Å². The molecule has 2 amide bonds. The lowest BCUT2D eigenvalue weighted by molar-refractivity contribution is -0.124. The van der Waals surface area contributed by atoms with E-state index in [0.717, 1.165) is 37.4 Å². The number of carbonyl (C=O) groups is 2. The van der Waals surface area contributed by atoms with Crippen molar-refractivity contribution in [1.82, 2.24) is 25.1 Å². The summed E-state index contributed by atoms with van der Waals surface area (Å²) in [6.45, 7) is 8.40. The average molecular weight is 376 g/mol. The highest BCUT2D eigenvalue weighted by Gasteiger charge is 2.35. The van der Waals surface area contributed by atoms with E-state index in [1.54, 1.807) is 7.05 Å². The molecule has 2 aliphatic rings. The van der Waals surface area contributed by atoms with Crippen LogP contribution in [0.3, 0.4) is 0 Å². The first-order valence-electron chi connectivity index (χ1n) is 10.0. The van der Waals surface area contributed by atoms with Gasteiger partial charge in [-0.2, -0.15) is 0 Å². The number of likely N-dealkylation sites (N-methyl/N-ethyl adjacent to an activating group) is 2. The van der Waals surface area contributed by atoms with Crippen LogP contribution in [0.1, 0.15) is 74.4 Å². The highest BCUT2D eigenvalue weighted by atomic mass is 16.2. The zero-order valence-electron chi connectivity index (χ0n) is 17.3. The van der Waals surface area contributed by atoms with Crippen LogP contribution in [-0.2, 0) is 17.9 Å². The smallest absolute Gasteiger partial charge is 0.272 e. The number of carbonyl (C=O) groups excluding carboxylic acids is 2. The highest BCUT2D eigenvalue weighted by molar-refractivity contribution is 5.97. The average Bonchev–Trinajstić information content (AvgIpc) is 3.24. The second kappa shape index (κ2) is 7.62. The van der Waals surface area contributed by atoms with E-state index in [1.807, 2.05) is 20.8 Å². The quantitative estimate of drug-likeness (QED) is 0.842. The fourth-order valence-corrected chi connectivity index (χ4v) is 4.22. The monoisotopic (exact) mass is 375 g/mol. The van der Waals surface area contributed by atoms with Crippen molar-refractivity contribution in [3.05, 3.63) is 17.2 Å². The van der Waals surface area contributed by atoms with Gasteiger partial charge in [-0.3, -0.25) is 14.5 Å². The van der Waals surface area contributed by atoms with Crippen LogP contribution in [0.2, 0.25) is 0 Å². The van der Waals surface area contributed by atoms with Gasteiger partial charge in [-0.1, -0.05) is 33.6 Å². The van der Waals surface area contributed by atoms with Crippen LogP contribution < -0.4 is 10.6 Å². The molecule has 7 nitrogen and oxygen atoms in total. The molecule has 1 saturated carbocycles. The van der Waals surface area contributed by atoms with Crippen molar-refractivity contribution in [2.75, 3.05) is 20.6 Å². The minimum absolute atomic E-state index is 0.183. The molecule has 0 unspecified atom stereocenters. The van der Waals surface area contributed by atoms with E-state index < -0.39 is 6.04 Å². The Labute approximate surface area is 161 Å². The van der Waals surface area contributed by atoms with Gasteiger partial charge in [0.2, 0.25) is 5.91 Å². The first kappa shape index (κ1) is 19.9. The minimum atomic E-state index is -0.608. The summed E-state index contributed by atoms with van der Waals surface area (Å²) in [7, 11) is 3.66. The van der Waals surface area contributed by atoms with Crippen LogP contribution in [0.5, 0.6) is 0 Å². The molecule has 150 valence electrons. The number of hydrogen-bond donors (Lipinski definition) is 2. The molecule has 0 saturated heterocycles. The summed E-state index contributed by atoms with van der Waals surface area (Å²) in [6, 6.07) is -0.608.